The Balaban J connectivity index is 1.27. The van der Waals surface area contributed by atoms with Gasteiger partial charge in [-0.2, -0.15) is 0 Å². The van der Waals surface area contributed by atoms with Gasteiger partial charge < -0.3 is 34.1 Å². The number of pyridine rings is 2. The normalized spacial score (nSPS) is 20.8. The maximum atomic E-state index is 14.6. The Morgan fingerprint density at radius 1 is 1.13 bits per heavy atom. The van der Waals surface area contributed by atoms with E-state index >= 15 is 0 Å². The van der Waals surface area contributed by atoms with Gasteiger partial charge >= 0.3 is 5.97 Å². The summed E-state index contributed by atoms with van der Waals surface area (Å²) in [5, 5.41) is 15.5. The molecular formula is C47H58N8O8. The number of hydrogen-bond donors (Lipinski definition) is 3. The van der Waals surface area contributed by atoms with Gasteiger partial charge in [-0.15, -0.1) is 0 Å². The number of aromatic hydroxyl groups is 1. The minimum absolute atomic E-state index is 0.0246. The van der Waals surface area contributed by atoms with Crippen LogP contribution in [0.3, 0.4) is 0 Å². The lowest BCUT2D eigenvalue weighted by molar-refractivity contribution is -0.155. The molecule has 6 bridgehead atoms. The van der Waals surface area contributed by atoms with Crippen molar-refractivity contribution in [2.45, 2.75) is 84.5 Å². The predicted octanol–water partition coefficient (Wildman–Crippen LogP) is 4.08. The Morgan fingerprint density at radius 3 is 2.67 bits per heavy atom. The van der Waals surface area contributed by atoms with E-state index in [-0.39, 0.29) is 56.2 Å². The molecule has 16 nitrogen and oxygen atoms in total. The van der Waals surface area contributed by atoms with E-state index < -0.39 is 47.2 Å². The Morgan fingerprint density at radius 2 is 1.92 bits per heavy atom. The molecule has 63 heavy (non-hydrogen) atoms. The van der Waals surface area contributed by atoms with Crippen molar-refractivity contribution in [1.82, 2.24) is 39.9 Å². The molecule has 2 fully saturated rings. The first-order chi connectivity index (χ1) is 30.1. The number of amides is 4. The molecule has 16 heteroatoms. The largest absolute Gasteiger partial charge is 0.508 e. The van der Waals surface area contributed by atoms with Crippen molar-refractivity contribution < 1.29 is 38.6 Å². The van der Waals surface area contributed by atoms with Gasteiger partial charge in [0.15, 0.2) is 0 Å². The molecule has 3 N–H and O–H groups in total. The molecule has 3 aliphatic heterocycles. The van der Waals surface area contributed by atoms with E-state index in [1.54, 1.807) is 37.4 Å². The zero-order chi connectivity index (χ0) is 45.2. The second-order valence-electron chi connectivity index (χ2n) is 18.0. The van der Waals surface area contributed by atoms with Crippen LogP contribution in [0.5, 0.6) is 5.75 Å². The number of ether oxygens (including phenoxy) is 2. The zero-order valence-corrected chi connectivity index (χ0v) is 36.9. The van der Waals surface area contributed by atoms with Crippen molar-refractivity contribution in [3.63, 3.8) is 0 Å². The molecule has 0 spiro atoms. The number of benzene rings is 1. The zero-order valence-electron chi connectivity index (χ0n) is 36.9. The number of methoxy groups -OCH3 is 1. The highest BCUT2D eigenvalue weighted by atomic mass is 16.5. The lowest BCUT2D eigenvalue weighted by Crippen LogP contribution is -2.62. The van der Waals surface area contributed by atoms with Gasteiger partial charge in [-0.1, -0.05) is 40.3 Å². The van der Waals surface area contributed by atoms with Gasteiger partial charge in [0, 0.05) is 63.6 Å². The van der Waals surface area contributed by atoms with Gasteiger partial charge in [0.25, 0.3) is 5.91 Å². The number of rotatable bonds is 9. The third-order valence-electron chi connectivity index (χ3n) is 12.2. The van der Waals surface area contributed by atoms with Crippen LogP contribution >= 0.6 is 0 Å². The average Bonchev–Trinajstić information content (AvgIpc) is 3.89. The summed E-state index contributed by atoms with van der Waals surface area (Å²) >= 11 is 0. The van der Waals surface area contributed by atoms with Crippen LogP contribution in [0.25, 0.3) is 28.0 Å². The monoisotopic (exact) mass is 862 g/mol. The molecule has 1 unspecified atom stereocenters. The molecule has 334 valence electrons. The summed E-state index contributed by atoms with van der Waals surface area (Å²) in [5.74, 6) is -2.94. The minimum atomic E-state index is -1.17. The van der Waals surface area contributed by atoms with Crippen LogP contribution in [0.1, 0.15) is 63.9 Å². The summed E-state index contributed by atoms with van der Waals surface area (Å²) in [6.07, 6.45) is 6.71. The van der Waals surface area contributed by atoms with Crippen molar-refractivity contribution in [2.75, 3.05) is 40.4 Å². The van der Waals surface area contributed by atoms with Gasteiger partial charge in [-0.05, 0) is 90.8 Å². The lowest BCUT2D eigenvalue weighted by atomic mass is 9.87. The molecule has 6 heterocycles. The number of carbonyl (C=O) groups is 5. The first kappa shape index (κ1) is 44.9. The average molecular weight is 863 g/mol. The van der Waals surface area contributed by atoms with Gasteiger partial charge in [-0.25, -0.2) is 10.4 Å². The Kier molecular flexibility index (Phi) is 13.3. The molecule has 4 atom stereocenters. The number of nitrogens with zero attached hydrogens (tertiary/aromatic N) is 6. The highest BCUT2D eigenvalue weighted by Crippen LogP contribution is 2.35. The number of esters is 1. The van der Waals surface area contributed by atoms with Crippen LogP contribution in [0, 0.1) is 17.3 Å². The van der Waals surface area contributed by atoms with Crippen LogP contribution in [-0.4, -0.2) is 122 Å². The summed E-state index contributed by atoms with van der Waals surface area (Å²) in [7, 11) is 3.19. The van der Waals surface area contributed by atoms with E-state index in [1.165, 1.54) is 16.0 Å². The number of phenolic OH excluding ortho intramolecular Hbond substituents is 1. The molecule has 2 saturated heterocycles. The molecule has 0 saturated carbocycles. The van der Waals surface area contributed by atoms with Crippen molar-refractivity contribution >= 4 is 35.2 Å². The molecule has 1 aromatic carbocycles. The quantitative estimate of drug-likeness (QED) is 0.163. The van der Waals surface area contributed by atoms with Gasteiger partial charge in [0.05, 0.1) is 36.2 Å². The van der Waals surface area contributed by atoms with Crippen LogP contribution in [0.15, 0.2) is 67.5 Å². The number of likely N-dealkylation sites (N-methyl/N-ethyl adjacent to an activating group) is 1. The van der Waals surface area contributed by atoms with E-state index in [2.05, 4.69) is 22.3 Å². The van der Waals surface area contributed by atoms with E-state index in [9.17, 15) is 29.1 Å². The molecule has 7 rings (SSSR count). The van der Waals surface area contributed by atoms with Crippen LogP contribution in [0.4, 0.5) is 0 Å². The second-order valence-corrected chi connectivity index (χ2v) is 18.0. The summed E-state index contributed by atoms with van der Waals surface area (Å²) in [6, 6.07) is 9.78. The Hall–Kier alpha value is -6.13. The number of cyclic esters (lactones) is 1. The summed E-state index contributed by atoms with van der Waals surface area (Å²) in [6.45, 7) is 12.5. The molecular weight excluding hydrogens is 805 g/mol. The smallest absolute Gasteiger partial charge is 0.324 e. The molecule has 4 aromatic rings. The number of hydrogen-bond acceptors (Lipinski definition) is 11. The third-order valence-corrected chi connectivity index (χ3v) is 12.2. The first-order valence-corrected chi connectivity index (χ1v) is 21.6. The summed E-state index contributed by atoms with van der Waals surface area (Å²) in [4.78, 5) is 81.6. The topological polar surface area (TPSA) is 188 Å². The highest BCUT2D eigenvalue weighted by molar-refractivity contribution is 5.94. The predicted molar refractivity (Wildman–Crippen MR) is 234 cm³/mol. The van der Waals surface area contributed by atoms with Crippen molar-refractivity contribution in [3.8, 4) is 28.1 Å². The fraction of sp³-hybridized carbons (Fsp3) is 0.468. The van der Waals surface area contributed by atoms with Gasteiger partial charge in [0.1, 0.15) is 29.5 Å². The maximum absolute atomic E-state index is 14.6. The number of aromatic nitrogens is 3. The van der Waals surface area contributed by atoms with E-state index in [0.717, 1.165) is 28.2 Å². The molecule has 3 aliphatic rings. The Bertz CT molecular complexity index is 2410. The maximum Gasteiger partial charge on any atom is 0.324 e. The fourth-order valence-corrected chi connectivity index (χ4v) is 9.02. The second kappa shape index (κ2) is 18.7. The number of hydrazine groups is 1. The summed E-state index contributed by atoms with van der Waals surface area (Å²) < 4.78 is 13.5. The lowest BCUT2D eigenvalue weighted by Gasteiger charge is -2.37. The van der Waals surface area contributed by atoms with Crippen molar-refractivity contribution in [2.24, 2.45) is 17.3 Å². The third kappa shape index (κ3) is 9.76. The number of imidazole rings is 1. The number of likely N-dealkylation sites (tertiary alicyclic amines) is 1. The van der Waals surface area contributed by atoms with Crippen LogP contribution < -0.4 is 10.7 Å². The number of phenols is 1. The van der Waals surface area contributed by atoms with Crippen molar-refractivity contribution in [3.05, 3.63) is 84.5 Å². The molecule has 0 radical (unpaired) electrons. The van der Waals surface area contributed by atoms with Crippen LogP contribution in [-0.2, 0) is 52.9 Å². The van der Waals surface area contributed by atoms with E-state index in [1.807, 2.05) is 68.6 Å². The highest BCUT2D eigenvalue weighted by Gasteiger charge is 2.40. The van der Waals surface area contributed by atoms with Crippen molar-refractivity contribution in [1.29, 1.82) is 0 Å². The number of fused-ring (bicyclic) bond motifs is 6. The fourth-order valence-electron chi connectivity index (χ4n) is 9.02. The Labute approximate surface area is 367 Å². The van der Waals surface area contributed by atoms with Gasteiger partial charge in [-0.3, -0.25) is 34.0 Å². The SMILES string of the molecule is C=CC(=O)N1CCC(C(=O)N(C)[C@H](C(=O)N[C@H]2Cc3cc(O)cc(c3)-c3ccc4nc(-c5cccnc5COC)c(n4c3)CC(C)(C)COC(=O)[C@@H]3CCCN(N3)C2=O)C(C)C)C1. The van der Waals surface area contributed by atoms with E-state index in [4.69, 9.17) is 14.5 Å². The molecule has 4 amide bonds. The first-order valence-electron chi connectivity index (χ1n) is 21.6. The van der Waals surface area contributed by atoms with Crippen LogP contribution in [0.2, 0.25) is 0 Å². The summed E-state index contributed by atoms with van der Waals surface area (Å²) in [5.41, 5.74) is 8.32. The number of carbonyl (C=O) groups excluding carboxylic acids is 5. The van der Waals surface area contributed by atoms with E-state index in [0.29, 0.717) is 49.0 Å². The minimum Gasteiger partial charge on any atom is -0.508 e. The van der Waals surface area contributed by atoms with Gasteiger partial charge in [0.2, 0.25) is 17.7 Å². The molecule has 3 aromatic heterocycles. The number of nitrogens with one attached hydrogen (secondary N) is 2. The standard InChI is InChI=1S/C47H58N8O8/c1-8-40(57)53-18-15-31(24-53)44(59)52(6)42(28(2)3)43(58)49-36-21-29-19-32(22-33(56)20-29)30-13-14-39-50-41(34-11-9-16-48-37(34)26-62-7)38(54(39)25-30)23-47(4,5)27-63-46(61)35-12-10-17-55(51-35)45(36)60/h8-9,11,13-14,16,19-20,22,25,28,31,35-36,42,51,56H,1,10,12,15,17-18,21,23-24,26-27H2,2-7H3,(H,49,58)/t31?,35-,36-,42-/m0/s1. The molecule has 0 aliphatic carbocycles.